The SMILES string of the molecule is CC(C)(C#N)N=NC(C)(C)N=C=O. The smallest absolute Gasteiger partial charge is 0.211 e. The summed E-state index contributed by atoms with van der Waals surface area (Å²) in [6, 6.07) is 1.96. The van der Waals surface area contributed by atoms with Gasteiger partial charge in [0.1, 0.15) is 0 Å². The van der Waals surface area contributed by atoms with Crippen molar-refractivity contribution >= 4 is 6.08 Å². The van der Waals surface area contributed by atoms with Crippen LogP contribution >= 0.6 is 0 Å². The van der Waals surface area contributed by atoms with E-state index in [2.05, 4.69) is 15.2 Å². The minimum absolute atomic E-state index is 0.879. The highest BCUT2D eigenvalue weighted by Gasteiger charge is 2.19. The largest absolute Gasteiger partial charge is 0.237 e. The van der Waals surface area contributed by atoms with Crippen molar-refractivity contribution in [3.8, 4) is 6.07 Å². The second-order valence-electron chi connectivity index (χ2n) is 3.57. The van der Waals surface area contributed by atoms with E-state index in [4.69, 9.17) is 5.26 Å². The number of aliphatic imine (C=N–C) groups is 1. The minimum Gasteiger partial charge on any atom is -0.211 e. The van der Waals surface area contributed by atoms with Gasteiger partial charge in [-0.3, -0.25) is 0 Å². The first-order chi connectivity index (χ1) is 5.83. The van der Waals surface area contributed by atoms with Crippen LogP contribution < -0.4 is 0 Å². The predicted octanol–water partition coefficient (Wildman–Crippen LogP) is 1.81. The Balaban J connectivity index is 4.63. The molecule has 5 nitrogen and oxygen atoms in total. The summed E-state index contributed by atoms with van der Waals surface area (Å²) in [5.41, 5.74) is -1.81. The molecule has 0 N–H and O–H groups in total. The normalized spacial score (nSPS) is 12.2. The van der Waals surface area contributed by atoms with Crippen LogP contribution in [0.4, 0.5) is 0 Å². The molecule has 0 aromatic carbocycles. The van der Waals surface area contributed by atoms with Crippen LogP contribution in [0.5, 0.6) is 0 Å². The van der Waals surface area contributed by atoms with Gasteiger partial charge in [-0.2, -0.15) is 20.5 Å². The molecule has 0 aromatic heterocycles. The first-order valence-electron chi connectivity index (χ1n) is 3.77. The van der Waals surface area contributed by atoms with Gasteiger partial charge in [0.25, 0.3) is 0 Å². The maximum Gasteiger partial charge on any atom is 0.237 e. The third-order valence-corrected chi connectivity index (χ3v) is 1.14. The highest BCUT2D eigenvalue weighted by molar-refractivity contribution is 5.34. The first kappa shape index (κ1) is 11.5. The highest BCUT2D eigenvalue weighted by Crippen LogP contribution is 2.15. The number of azo groups is 1. The second-order valence-corrected chi connectivity index (χ2v) is 3.57. The van der Waals surface area contributed by atoms with Gasteiger partial charge in [0.05, 0.1) is 6.07 Å². The molecule has 0 aromatic rings. The fraction of sp³-hybridized carbons (Fsp3) is 0.750. The van der Waals surface area contributed by atoms with Crippen LogP contribution in [-0.4, -0.2) is 17.3 Å². The Morgan fingerprint density at radius 1 is 1.15 bits per heavy atom. The van der Waals surface area contributed by atoms with Gasteiger partial charge >= 0.3 is 0 Å². The topological polar surface area (TPSA) is 77.9 Å². The van der Waals surface area contributed by atoms with E-state index in [1.165, 1.54) is 6.08 Å². The van der Waals surface area contributed by atoms with Crippen molar-refractivity contribution in [2.75, 3.05) is 0 Å². The molecule has 0 bridgehead atoms. The maximum atomic E-state index is 9.96. The fourth-order valence-electron chi connectivity index (χ4n) is 0.404. The number of nitriles is 1. The van der Waals surface area contributed by atoms with Gasteiger partial charge in [-0.15, -0.1) is 0 Å². The van der Waals surface area contributed by atoms with E-state index >= 15 is 0 Å². The molecule has 0 aliphatic rings. The molecule has 0 heterocycles. The second kappa shape index (κ2) is 3.92. The quantitative estimate of drug-likeness (QED) is 0.377. The molecule has 0 unspecified atom stereocenters. The van der Waals surface area contributed by atoms with Crippen molar-refractivity contribution in [1.82, 2.24) is 0 Å². The number of hydrogen-bond acceptors (Lipinski definition) is 5. The molecular formula is C8H12N4O. The lowest BCUT2D eigenvalue weighted by Gasteiger charge is -2.12. The number of hydrogen-bond donors (Lipinski definition) is 0. The summed E-state index contributed by atoms with van der Waals surface area (Å²) < 4.78 is 0. The molecule has 70 valence electrons. The van der Waals surface area contributed by atoms with Crippen LogP contribution in [0.15, 0.2) is 15.2 Å². The molecule has 0 amide bonds. The van der Waals surface area contributed by atoms with E-state index in [0.717, 1.165) is 0 Å². The average Bonchev–Trinajstić information content (AvgIpc) is 2.02. The van der Waals surface area contributed by atoms with Crippen molar-refractivity contribution in [1.29, 1.82) is 5.26 Å². The van der Waals surface area contributed by atoms with Gasteiger partial charge in [-0.05, 0) is 27.7 Å². The monoisotopic (exact) mass is 180 g/mol. The molecule has 0 saturated heterocycles. The molecule has 0 rings (SSSR count). The molecule has 0 aliphatic carbocycles. The number of carbonyl (C=O) groups excluding carboxylic acids is 1. The number of isocyanates is 1. The maximum absolute atomic E-state index is 9.96. The Bertz CT molecular complexity index is 292. The Morgan fingerprint density at radius 2 is 1.69 bits per heavy atom. The molecule has 0 aliphatic heterocycles. The molecule has 0 fully saturated rings. The first-order valence-corrected chi connectivity index (χ1v) is 3.77. The lowest BCUT2D eigenvalue weighted by Crippen LogP contribution is -2.17. The number of rotatable bonds is 3. The average molecular weight is 180 g/mol. The Kier molecular flexibility index (Phi) is 3.46. The van der Waals surface area contributed by atoms with Crippen molar-refractivity contribution in [2.24, 2.45) is 15.2 Å². The van der Waals surface area contributed by atoms with Gasteiger partial charge in [0, 0.05) is 0 Å². The molecule has 0 atom stereocenters. The Labute approximate surface area is 77.2 Å². The van der Waals surface area contributed by atoms with Gasteiger partial charge in [0.2, 0.25) is 6.08 Å². The van der Waals surface area contributed by atoms with Crippen LogP contribution in [0, 0.1) is 11.3 Å². The lowest BCUT2D eigenvalue weighted by atomic mass is 10.1. The summed E-state index contributed by atoms with van der Waals surface area (Å²) in [7, 11) is 0. The van der Waals surface area contributed by atoms with Crippen molar-refractivity contribution < 1.29 is 4.79 Å². The van der Waals surface area contributed by atoms with Crippen molar-refractivity contribution in [3.05, 3.63) is 0 Å². The highest BCUT2D eigenvalue weighted by atomic mass is 16.1. The fourth-order valence-corrected chi connectivity index (χ4v) is 0.404. The van der Waals surface area contributed by atoms with Gasteiger partial charge in [-0.1, -0.05) is 0 Å². The zero-order valence-corrected chi connectivity index (χ0v) is 8.20. The summed E-state index contributed by atoms with van der Waals surface area (Å²) in [6.07, 6.45) is 1.40. The summed E-state index contributed by atoms with van der Waals surface area (Å²) in [4.78, 5) is 13.4. The lowest BCUT2D eigenvalue weighted by molar-refractivity contribution is 0.469. The molecule has 13 heavy (non-hydrogen) atoms. The summed E-state index contributed by atoms with van der Waals surface area (Å²) in [5.74, 6) is 0. The van der Waals surface area contributed by atoms with Crippen LogP contribution in [0.2, 0.25) is 0 Å². The third kappa shape index (κ3) is 4.83. The Morgan fingerprint density at radius 3 is 2.08 bits per heavy atom. The third-order valence-electron chi connectivity index (χ3n) is 1.14. The number of nitrogens with zero attached hydrogens (tertiary/aromatic N) is 4. The van der Waals surface area contributed by atoms with Crippen molar-refractivity contribution in [3.63, 3.8) is 0 Å². The molecule has 0 spiro atoms. The predicted molar refractivity (Wildman–Crippen MR) is 46.7 cm³/mol. The summed E-state index contributed by atoms with van der Waals surface area (Å²) >= 11 is 0. The van der Waals surface area contributed by atoms with Crippen LogP contribution in [0.1, 0.15) is 27.7 Å². The molecule has 0 saturated carbocycles. The molecule has 0 radical (unpaired) electrons. The zero-order chi connectivity index (χ0) is 10.5. The van der Waals surface area contributed by atoms with Crippen LogP contribution in [0.25, 0.3) is 0 Å². The van der Waals surface area contributed by atoms with E-state index in [1.807, 2.05) is 6.07 Å². The van der Waals surface area contributed by atoms with E-state index in [-0.39, 0.29) is 0 Å². The van der Waals surface area contributed by atoms with Gasteiger partial charge in [0.15, 0.2) is 11.2 Å². The van der Waals surface area contributed by atoms with Crippen LogP contribution in [0.3, 0.4) is 0 Å². The summed E-state index contributed by atoms with van der Waals surface area (Å²) in [6.45, 7) is 6.46. The zero-order valence-electron chi connectivity index (χ0n) is 8.20. The van der Waals surface area contributed by atoms with E-state index in [9.17, 15) is 4.79 Å². The van der Waals surface area contributed by atoms with Gasteiger partial charge in [-0.25, -0.2) is 4.79 Å². The van der Waals surface area contributed by atoms with Gasteiger partial charge < -0.3 is 0 Å². The van der Waals surface area contributed by atoms with E-state index in [1.54, 1.807) is 27.7 Å². The molecular weight excluding hydrogens is 168 g/mol. The molecule has 5 heteroatoms. The summed E-state index contributed by atoms with van der Waals surface area (Å²) in [5, 5.41) is 16.1. The van der Waals surface area contributed by atoms with Crippen LogP contribution in [-0.2, 0) is 4.79 Å². The van der Waals surface area contributed by atoms with E-state index in [0.29, 0.717) is 0 Å². The minimum atomic E-state index is -0.935. The van der Waals surface area contributed by atoms with Crippen molar-refractivity contribution in [2.45, 2.75) is 38.9 Å². The van der Waals surface area contributed by atoms with E-state index < -0.39 is 11.2 Å². The standard InChI is InChI=1S/C8H12N4O/c1-7(2,5-9)11-12-8(3,4)10-6-13/h1-4H3. The Hall–Kier alpha value is -1.53.